The summed E-state index contributed by atoms with van der Waals surface area (Å²) in [5.41, 5.74) is 1.19. The maximum atomic E-state index is 13.3. The van der Waals surface area contributed by atoms with Crippen LogP contribution in [0.5, 0.6) is 0 Å². The van der Waals surface area contributed by atoms with Gasteiger partial charge in [0.25, 0.3) is 10.0 Å². The van der Waals surface area contributed by atoms with Gasteiger partial charge in [-0.05, 0) is 63.5 Å². The second-order valence-corrected chi connectivity index (χ2v) is 9.61. The fourth-order valence-corrected chi connectivity index (χ4v) is 4.24. The minimum atomic E-state index is -4.13. The quantitative estimate of drug-likeness (QED) is 0.578. The molecule has 1 N–H and O–H groups in total. The maximum absolute atomic E-state index is 13.3. The lowest BCUT2D eigenvalue weighted by Crippen LogP contribution is -2.50. The van der Waals surface area contributed by atoms with Gasteiger partial charge in [0.05, 0.1) is 5.41 Å². The van der Waals surface area contributed by atoms with E-state index in [9.17, 15) is 22.4 Å². The van der Waals surface area contributed by atoms with E-state index in [1.165, 1.54) is 30.3 Å². The summed E-state index contributed by atoms with van der Waals surface area (Å²) in [6.07, 6.45) is 1.31. The van der Waals surface area contributed by atoms with Gasteiger partial charge in [0.2, 0.25) is 11.8 Å². The second-order valence-electron chi connectivity index (χ2n) is 8.04. The van der Waals surface area contributed by atoms with E-state index < -0.39 is 33.6 Å². The highest BCUT2D eigenvalue weighted by molar-refractivity contribution is 7.93. The van der Waals surface area contributed by atoms with E-state index in [1.807, 2.05) is 32.4 Å². The number of sulfonamides is 1. The van der Waals surface area contributed by atoms with Crippen molar-refractivity contribution in [3.8, 4) is 0 Å². The summed E-state index contributed by atoms with van der Waals surface area (Å²) < 4.78 is 40.2. The minimum Gasteiger partial charge on any atom is -0.337 e. The number of hydrogen-bond donors (Lipinski definition) is 1. The largest absolute Gasteiger partial charge is 0.337 e. The molecule has 172 valence electrons. The zero-order valence-corrected chi connectivity index (χ0v) is 19.5. The summed E-state index contributed by atoms with van der Waals surface area (Å²) in [7, 11) is -4.13. The summed E-state index contributed by atoms with van der Waals surface area (Å²) in [4.78, 5) is 27.8. The van der Waals surface area contributed by atoms with Crippen molar-refractivity contribution in [2.24, 2.45) is 5.92 Å². The van der Waals surface area contributed by atoms with E-state index in [-0.39, 0.29) is 18.5 Å². The Kier molecular flexibility index (Phi) is 8.72. The fraction of sp³-hybridized carbons (Fsp3) is 0.333. The Morgan fingerprint density at radius 3 is 2.06 bits per heavy atom. The topological polar surface area (TPSA) is 83.6 Å². The molecule has 2 aromatic rings. The molecule has 0 aliphatic carbocycles. The second kappa shape index (κ2) is 11.0. The Morgan fingerprint density at radius 2 is 1.53 bits per heavy atom. The Morgan fingerprint density at radius 1 is 0.969 bits per heavy atom. The van der Waals surface area contributed by atoms with E-state index in [4.69, 9.17) is 0 Å². The highest BCUT2D eigenvalue weighted by atomic mass is 32.2. The van der Waals surface area contributed by atoms with Crippen molar-refractivity contribution in [2.45, 2.75) is 46.2 Å². The number of nitrogens with one attached hydrogen (secondary N) is 1. The van der Waals surface area contributed by atoms with Gasteiger partial charge in [-0.15, -0.1) is 0 Å². The van der Waals surface area contributed by atoms with E-state index >= 15 is 0 Å². The van der Waals surface area contributed by atoms with E-state index in [0.29, 0.717) is 11.1 Å². The lowest BCUT2D eigenvalue weighted by atomic mass is 9.96. The van der Waals surface area contributed by atoms with Crippen molar-refractivity contribution in [1.29, 1.82) is 0 Å². The van der Waals surface area contributed by atoms with Crippen LogP contribution in [0.25, 0.3) is 6.08 Å². The number of rotatable bonds is 9. The van der Waals surface area contributed by atoms with Crippen LogP contribution in [-0.4, -0.2) is 37.2 Å². The molecular formula is C24H29FN2O4S. The number of benzene rings is 2. The predicted molar refractivity (Wildman–Crippen MR) is 123 cm³/mol. The maximum Gasteiger partial charge on any atom is 0.257 e. The minimum absolute atomic E-state index is 0.0567. The molecule has 0 aromatic heterocycles. The van der Waals surface area contributed by atoms with E-state index in [2.05, 4.69) is 0 Å². The standard InChI is InChI=1S/C24H29FN2O4S/c1-17(2)27(18(3)4)24(29)22(16-20-10-12-21(25)13-11-20)23(28)26-32(30,31)15-14-19-8-6-5-7-9-19/h5-15,17-18,22H,16H2,1-4H3,(H,26,28). The zero-order valence-electron chi connectivity index (χ0n) is 18.7. The van der Waals surface area contributed by atoms with Crippen LogP contribution in [0.2, 0.25) is 0 Å². The van der Waals surface area contributed by atoms with Crippen LogP contribution < -0.4 is 4.72 Å². The van der Waals surface area contributed by atoms with Crippen molar-refractivity contribution in [3.05, 3.63) is 76.9 Å². The van der Waals surface area contributed by atoms with Crippen LogP contribution in [0.1, 0.15) is 38.8 Å². The summed E-state index contributed by atoms with van der Waals surface area (Å²) in [6.45, 7) is 7.29. The molecule has 0 spiro atoms. The Hall–Kier alpha value is -3.00. The number of nitrogens with zero attached hydrogens (tertiary/aromatic N) is 1. The lowest BCUT2D eigenvalue weighted by Gasteiger charge is -2.33. The molecule has 2 aromatic carbocycles. The van der Waals surface area contributed by atoms with Crippen molar-refractivity contribution in [1.82, 2.24) is 9.62 Å². The fourth-order valence-electron chi connectivity index (χ4n) is 3.41. The Labute approximate surface area is 189 Å². The molecule has 0 aliphatic heterocycles. The van der Waals surface area contributed by atoms with Gasteiger partial charge in [0.1, 0.15) is 11.7 Å². The molecule has 2 amide bonds. The van der Waals surface area contributed by atoms with Crippen LogP contribution in [0.3, 0.4) is 0 Å². The van der Waals surface area contributed by atoms with Crippen molar-refractivity contribution in [3.63, 3.8) is 0 Å². The van der Waals surface area contributed by atoms with Gasteiger partial charge in [0.15, 0.2) is 0 Å². The van der Waals surface area contributed by atoms with Gasteiger partial charge in [-0.3, -0.25) is 9.59 Å². The molecular weight excluding hydrogens is 431 g/mol. The molecule has 0 saturated carbocycles. The summed E-state index contributed by atoms with van der Waals surface area (Å²) >= 11 is 0. The van der Waals surface area contributed by atoms with Crippen LogP contribution in [0.4, 0.5) is 4.39 Å². The van der Waals surface area contributed by atoms with Crippen molar-refractivity contribution in [2.75, 3.05) is 0 Å². The van der Waals surface area contributed by atoms with Gasteiger partial charge in [-0.1, -0.05) is 42.5 Å². The first-order chi connectivity index (χ1) is 15.0. The smallest absolute Gasteiger partial charge is 0.257 e. The van der Waals surface area contributed by atoms with Crippen molar-refractivity contribution < 1.29 is 22.4 Å². The van der Waals surface area contributed by atoms with Crippen LogP contribution in [0.15, 0.2) is 60.0 Å². The monoisotopic (exact) mass is 460 g/mol. The SMILES string of the molecule is CC(C)N(C(=O)C(Cc1ccc(F)cc1)C(=O)NS(=O)(=O)C=Cc1ccccc1)C(C)C. The van der Waals surface area contributed by atoms with Gasteiger partial charge in [-0.25, -0.2) is 17.5 Å². The van der Waals surface area contributed by atoms with Crippen LogP contribution in [-0.2, 0) is 26.0 Å². The number of hydrogen-bond acceptors (Lipinski definition) is 4. The molecule has 0 heterocycles. The molecule has 1 atom stereocenters. The first kappa shape index (κ1) is 25.3. The normalized spacial score (nSPS) is 12.8. The molecule has 6 nitrogen and oxygen atoms in total. The Balaban J connectivity index is 2.30. The third kappa shape index (κ3) is 7.30. The summed E-state index contributed by atoms with van der Waals surface area (Å²) in [5, 5.41) is 0.891. The highest BCUT2D eigenvalue weighted by Crippen LogP contribution is 2.18. The van der Waals surface area contributed by atoms with Gasteiger partial charge < -0.3 is 4.90 Å². The number of carbonyl (C=O) groups is 2. The lowest BCUT2D eigenvalue weighted by molar-refractivity contribution is -0.144. The molecule has 0 radical (unpaired) electrons. The number of halogens is 1. The van der Waals surface area contributed by atoms with Crippen LogP contribution in [0, 0.1) is 11.7 Å². The molecule has 0 fully saturated rings. The summed E-state index contributed by atoms with van der Waals surface area (Å²) in [6, 6.07) is 13.8. The summed E-state index contributed by atoms with van der Waals surface area (Å²) in [5.74, 6) is -3.15. The predicted octanol–water partition coefficient (Wildman–Crippen LogP) is 3.75. The number of amides is 2. The molecule has 2 rings (SSSR count). The molecule has 0 saturated heterocycles. The van der Waals surface area contributed by atoms with Gasteiger partial charge in [0, 0.05) is 12.1 Å². The third-order valence-electron chi connectivity index (χ3n) is 4.82. The molecule has 0 aliphatic rings. The van der Waals surface area contributed by atoms with E-state index in [0.717, 1.165) is 5.41 Å². The average molecular weight is 461 g/mol. The molecule has 32 heavy (non-hydrogen) atoms. The van der Waals surface area contributed by atoms with E-state index in [1.54, 1.807) is 35.2 Å². The van der Waals surface area contributed by atoms with Gasteiger partial charge >= 0.3 is 0 Å². The highest BCUT2D eigenvalue weighted by Gasteiger charge is 2.34. The molecule has 0 bridgehead atoms. The zero-order chi connectivity index (χ0) is 23.9. The third-order valence-corrected chi connectivity index (χ3v) is 5.80. The average Bonchev–Trinajstić information content (AvgIpc) is 2.71. The van der Waals surface area contributed by atoms with Crippen LogP contribution >= 0.6 is 0 Å². The molecule has 8 heteroatoms. The first-order valence-corrected chi connectivity index (χ1v) is 11.9. The molecule has 1 unspecified atom stereocenters. The van der Waals surface area contributed by atoms with Gasteiger partial charge in [-0.2, -0.15) is 0 Å². The van der Waals surface area contributed by atoms with Crippen molar-refractivity contribution >= 4 is 27.9 Å². The first-order valence-electron chi connectivity index (χ1n) is 10.4. The number of carbonyl (C=O) groups excluding carboxylic acids is 2. The Bertz CT molecular complexity index is 1040.